The predicted molar refractivity (Wildman–Crippen MR) is 149 cm³/mol. The molecular weight excluding hydrogens is 534 g/mol. The highest BCUT2D eigenvalue weighted by molar-refractivity contribution is 6.11. The number of amides is 2. The fraction of sp³-hybridized carbons (Fsp3) is 0.241. The number of primary amides is 1. The van der Waals surface area contributed by atoms with E-state index in [1.54, 1.807) is 36.4 Å². The molecule has 0 saturated carbocycles. The lowest BCUT2D eigenvalue weighted by Gasteiger charge is -2.36. The molecule has 12 heteroatoms. The van der Waals surface area contributed by atoms with Gasteiger partial charge in [0.05, 0.1) is 34.0 Å². The van der Waals surface area contributed by atoms with Crippen LogP contribution in [0.2, 0.25) is 0 Å². The van der Waals surface area contributed by atoms with Gasteiger partial charge in [0.1, 0.15) is 11.2 Å². The number of rotatable bonds is 10. The number of carbonyl (C=O) groups is 2. The Morgan fingerprint density at radius 2 is 1.51 bits per heavy atom. The second kappa shape index (κ2) is 11.9. The van der Waals surface area contributed by atoms with Crippen molar-refractivity contribution < 1.29 is 42.8 Å². The van der Waals surface area contributed by atoms with Gasteiger partial charge in [-0.1, -0.05) is 0 Å². The maximum atomic E-state index is 14.2. The lowest BCUT2D eigenvalue weighted by atomic mass is 9.91. The van der Waals surface area contributed by atoms with Crippen LogP contribution in [0.5, 0.6) is 28.7 Å². The van der Waals surface area contributed by atoms with Crippen molar-refractivity contribution in [2.24, 2.45) is 5.73 Å². The van der Waals surface area contributed by atoms with E-state index in [9.17, 15) is 14.4 Å². The number of carbonyl (C=O) groups excluding carboxylic acids is 3. The third-order valence-electron chi connectivity index (χ3n) is 6.49. The first-order valence-electron chi connectivity index (χ1n) is 12.2. The molecule has 2 amide bonds. The van der Waals surface area contributed by atoms with Gasteiger partial charge in [-0.05, 0) is 48.0 Å². The van der Waals surface area contributed by atoms with E-state index >= 15 is 0 Å². The highest BCUT2D eigenvalue weighted by atomic mass is 16.5. The molecule has 0 bridgehead atoms. The van der Waals surface area contributed by atoms with E-state index in [1.807, 2.05) is 5.94 Å². The molecule has 12 nitrogen and oxygen atoms in total. The summed E-state index contributed by atoms with van der Waals surface area (Å²) < 4.78 is 33.6. The van der Waals surface area contributed by atoms with E-state index in [-0.39, 0.29) is 27.5 Å². The maximum absolute atomic E-state index is 14.2. The molecule has 1 atom stereocenters. The number of anilines is 2. The minimum Gasteiger partial charge on any atom is -0.493 e. The third-order valence-corrected chi connectivity index (χ3v) is 6.49. The van der Waals surface area contributed by atoms with Gasteiger partial charge in [0.15, 0.2) is 35.8 Å². The number of methoxy groups -OCH3 is 5. The van der Waals surface area contributed by atoms with Gasteiger partial charge in [-0.15, -0.1) is 0 Å². The van der Waals surface area contributed by atoms with Crippen molar-refractivity contribution in [2.45, 2.75) is 6.23 Å². The lowest BCUT2D eigenvalue weighted by Crippen LogP contribution is -2.54. The molecule has 41 heavy (non-hydrogen) atoms. The third kappa shape index (κ3) is 5.09. The van der Waals surface area contributed by atoms with Crippen LogP contribution in [0.25, 0.3) is 5.57 Å². The topological polar surface area (TPSA) is 162 Å². The fourth-order valence-electron chi connectivity index (χ4n) is 4.77. The molecule has 0 aromatic heterocycles. The van der Waals surface area contributed by atoms with Gasteiger partial charge >= 0.3 is 0 Å². The van der Waals surface area contributed by atoms with E-state index in [2.05, 4.69) is 0 Å². The average Bonchev–Trinajstić information content (AvgIpc) is 2.98. The Bertz CT molecular complexity index is 1620. The number of hydrogen-bond acceptors (Lipinski definition) is 10. The zero-order valence-corrected chi connectivity index (χ0v) is 23.1. The molecule has 3 aromatic rings. The van der Waals surface area contributed by atoms with Crippen LogP contribution < -0.4 is 50.5 Å². The van der Waals surface area contributed by atoms with Crippen molar-refractivity contribution in [3.8, 4) is 28.7 Å². The van der Waals surface area contributed by atoms with Gasteiger partial charge in [0, 0.05) is 29.3 Å². The van der Waals surface area contributed by atoms with Crippen molar-refractivity contribution in [3.05, 3.63) is 64.0 Å². The van der Waals surface area contributed by atoms with Crippen LogP contribution in [0.3, 0.4) is 0 Å². The largest absolute Gasteiger partial charge is 0.493 e. The minimum absolute atomic E-state index is 0.0471. The van der Waals surface area contributed by atoms with Crippen LogP contribution in [0.4, 0.5) is 11.4 Å². The van der Waals surface area contributed by atoms with E-state index in [0.29, 0.717) is 39.8 Å². The molecule has 0 fully saturated rings. The molecule has 214 valence electrons. The molecule has 0 saturated heterocycles. The van der Waals surface area contributed by atoms with Crippen LogP contribution in [0.1, 0.15) is 15.9 Å². The molecule has 0 spiro atoms. The molecule has 1 unspecified atom stereocenters. The van der Waals surface area contributed by atoms with E-state index in [0.717, 1.165) is 0 Å². The van der Waals surface area contributed by atoms with Gasteiger partial charge < -0.3 is 39.9 Å². The van der Waals surface area contributed by atoms with Crippen LogP contribution in [-0.2, 0) is 14.3 Å². The molecule has 1 heterocycles. The Morgan fingerprint density at radius 3 is 2.00 bits per heavy atom. The summed E-state index contributed by atoms with van der Waals surface area (Å²) in [6.07, 6.45) is -1.06. The Kier molecular flexibility index (Phi) is 8.37. The molecule has 0 aliphatic carbocycles. The van der Waals surface area contributed by atoms with E-state index < -0.39 is 24.6 Å². The summed E-state index contributed by atoms with van der Waals surface area (Å²) in [5.41, 5.74) is 13.0. The first-order valence-corrected chi connectivity index (χ1v) is 12.2. The van der Waals surface area contributed by atoms with Crippen molar-refractivity contribution in [1.29, 1.82) is 0 Å². The smallest absolute Gasteiger partial charge is 0.261 e. The van der Waals surface area contributed by atoms with Crippen LogP contribution in [0, 0.1) is 0 Å². The van der Waals surface area contributed by atoms with Gasteiger partial charge in [-0.2, -0.15) is 0 Å². The summed E-state index contributed by atoms with van der Waals surface area (Å²) in [4.78, 5) is 39.6. The maximum Gasteiger partial charge on any atom is 0.261 e. The van der Waals surface area contributed by atoms with Crippen molar-refractivity contribution in [3.63, 3.8) is 0 Å². The standard InChI is InChI=1S/C29H29N3O9/c1-36-20-10-15(11-21(37-2)27(20)39-4)24-25-18(12-22(41-14-23(31)34)26(38-3)19(25)13-33)28(35)32(29(24)40-5)17-8-6-16(30)7-9-17/h6-12,29H,14,30H2,1-5H3,(H2,31,34). The first-order chi connectivity index (χ1) is 19.7. The van der Waals surface area contributed by atoms with Gasteiger partial charge in [0.25, 0.3) is 11.8 Å². The highest BCUT2D eigenvalue weighted by Crippen LogP contribution is 2.42. The number of benzene rings is 3. The Morgan fingerprint density at radius 1 is 0.902 bits per heavy atom. The van der Waals surface area contributed by atoms with Crippen molar-refractivity contribution in [2.75, 3.05) is 52.8 Å². The molecule has 4 rings (SSSR count). The second-order valence-electron chi connectivity index (χ2n) is 8.75. The van der Waals surface area contributed by atoms with Gasteiger partial charge in [0.2, 0.25) is 5.75 Å². The lowest BCUT2D eigenvalue weighted by molar-refractivity contribution is -0.119. The molecular formula is C29H29N3O9. The van der Waals surface area contributed by atoms with Crippen LogP contribution in [-0.4, -0.2) is 66.1 Å². The van der Waals surface area contributed by atoms with Crippen molar-refractivity contribution >= 4 is 34.7 Å². The Labute approximate surface area is 235 Å². The Balaban J connectivity index is 2.21. The van der Waals surface area contributed by atoms with Gasteiger partial charge in [-0.25, -0.2) is 4.79 Å². The molecule has 4 N–H and O–H groups in total. The minimum atomic E-state index is -1.06. The summed E-state index contributed by atoms with van der Waals surface area (Å²) in [6.45, 7) is -0.520. The molecule has 1 aliphatic rings. The van der Waals surface area contributed by atoms with Crippen molar-refractivity contribution in [1.82, 2.24) is 0 Å². The normalized spacial score (nSPS) is 14.2. The fourth-order valence-corrected chi connectivity index (χ4v) is 4.77. The van der Waals surface area contributed by atoms with Crippen LogP contribution >= 0.6 is 0 Å². The zero-order chi connectivity index (χ0) is 29.8. The highest BCUT2D eigenvalue weighted by Gasteiger charge is 2.38. The monoisotopic (exact) mass is 563 g/mol. The summed E-state index contributed by atoms with van der Waals surface area (Å²) in [5, 5.41) is 0.0571. The summed E-state index contributed by atoms with van der Waals surface area (Å²) in [7, 11) is 7.15. The summed E-state index contributed by atoms with van der Waals surface area (Å²) in [6, 6.07) is 11.3. The van der Waals surface area contributed by atoms with E-state index in [1.165, 1.54) is 46.5 Å². The molecule has 0 radical (unpaired) electrons. The Hall–Kier alpha value is -5.19. The summed E-state index contributed by atoms with van der Waals surface area (Å²) in [5.74, 6) is 1.49. The zero-order valence-electron chi connectivity index (χ0n) is 23.1. The number of ether oxygens (including phenoxy) is 6. The first kappa shape index (κ1) is 28.8. The van der Waals surface area contributed by atoms with Gasteiger partial charge in [-0.3, -0.25) is 14.5 Å². The molecule has 3 aromatic carbocycles. The molecule has 1 aliphatic heterocycles. The number of fused-ring (bicyclic) bond motifs is 1. The number of nitrogens with zero attached hydrogens (tertiary/aromatic N) is 1. The predicted octanol–water partition coefficient (Wildman–Crippen LogP) is 0.502. The quantitative estimate of drug-likeness (QED) is 0.332. The number of nitrogens with two attached hydrogens (primary N) is 2. The average molecular weight is 564 g/mol. The van der Waals surface area contributed by atoms with Crippen LogP contribution in [0.15, 0.2) is 42.5 Å². The SMILES string of the molecule is COc1cc(C2=c3c(cc(OCC(N)=O)c(OC)c3=C=O)C(=O)N(c3ccc(N)cc3)C2OC)cc(OC)c1OC. The summed E-state index contributed by atoms with van der Waals surface area (Å²) >= 11 is 0. The van der Waals surface area contributed by atoms with E-state index in [4.69, 9.17) is 39.9 Å². The number of nitrogen functional groups attached to an aromatic ring is 1. The number of hydrogen-bond donors (Lipinski definition) is 2. The second-order valence-corrected chi connectivity index (χ2v) is 8.75.